The molecule has 1 saturated heterocycles. The van der Waals surface area contributed by atoms with Gasteiger partial charge in [0.2, 0.25) is 0 Å². The molecule has 0 radical (unpaired) electrons. The van der Waals surface area contributed by atoms with Gasteiger partial charge < -0.3 is 15.4 Å². The molecule has 2 atom stereocenters. The largest absolute Gasteiger partial charge is 0.381 e. The number of hydrogen-bond acceptors (Lipinski definition) is 3. The lowest BCUT2D eigenvalue weighted by Crippen LogP contribution is -2.47. The molecule has 0 spiro atoms. The standard InChI is InChI=1S/C12H24N2O/c1-15-12-4-2-3-11(9-12)14-7-5-10(13)6-8-14/h10-12H,2-9,13H2,1H3/t11-,12-/m0/s1. The van der Waals surface area contributed by atoms with E-state index in [1.54, 1.807) is 0 Å². The molecule has 0 aromatic carbocycles. The van der Waals surface area contributed by atoms with Gasteiger partial charge in [-0.25, -0.2) is 0 Å². The number of piperidine rings is 1. The van der Waals surface area contributed by atoms with E-state index in [4.69, 9.17) is 10.5 Å². The lowest BCUT2D eigenvalue weighted by molar-refractivity contribution is 0.0212. The first-order valence-electron chi connectivity index (χ1n) is 6.32. The van der Waals surface area contributed by atoms with Crippen molar-refractivity contribution in [2.75, 3.05) is 20.2 Å². The summed E-state index contributed by atoms with van der Waals surface area (Å²) < 4.78 is 5.48. The van der Waals surface area contributed by atoms with Gasteiger partial charge in [-0.1, -0.05) is 0 Å². The predicted molar refractivity (Wildman–Crippen MR) is 61.8 cm³/mol. The highest BCUT2D eigenvalue weighted by molar-refractivity contribution is 4.84. The SMILES string of the molecule is CO[C@H]1CCC[C@H](N2CCC(N)CC2)C1. The molecule has 0 amide bonds. The van der Waals surface area contributed by atoms with Crippen LogP contribution in [0.3, 0.4) is 0 Å². The van der Waals surface area contributed by atoms with Crippen LogP contribution in [0.15, 0.2) is 0 Å². The van der Waals surface area contributed by atoms with E-state index in [1.807, 2.05) is 7.11 Å². The summed E-state index contributed by atoms with van der Waals surface area (Å²) in [6.45, 7) is 2.39. The lowest BCUT2D eigenvalue weighted by Gasteiger charge is -2.40. The van der Waals surface area contributed by atoms with E-state index >= 15 is 0 Å². The van der Waals surface area contributed by atoms with Gasteiger partial charge in [0.1, 0.15) is 0 Å². The van der Waals surface area contributed by atoms with Crippen molar-refractivity contribution < 1.29 is 4.74 Å². The monoisotopic (exact) mass is 212 g/mol. The Morgan fingerprint density at radius 2 is 1.87 bits per heavy atom. The van der Waals surface area contributed by atoms with Crippen LogP contribution in [0.2, 0.25) is 0 Å². The minimum Gasteiger partial charge on any atom is -0.381 e. The third kappa shape index (κ3) is 2.92. The number of rotatable bonds is 2. The maximum Gasteiger partial charge on any atom is 0.0586 e. The summed E-state index contributed by atoms with van der Waals surface area (Å²) in [5, 5.41) is 0. The fourth-order valence-corrected chi connectivity index (χ4v) is 2.95. The molecule has 2 aliphatic rings. The maximum absolute atomic E-state index is 5.93. The molecule has 1 heterocycles. The minimum atomic E-state index is 0.447. The Morgan fingerprint density at radius 1 is 1.13 bits per heavy atom. The van der Waals surface area contributed by atoms with Gasteiger partial charge in [0.15, 0.2) is 0 Å². The highest BCUT2D eigenvalue weighted by Crippen LogP contribution is 2.26. The highest BCUT2D eigenvalue weighted by atomic mass is 16.5. The molecule has 88 valence electrons. The van der Waals surface area contributed by atoms with E-state index in [0.29, 0.717) is 12.1 Å². The third-order valence-corrected chi connectivity index (χ3v) is 4.02. The van der Waals surface area contributed by atoms with E-state index in [0.717, 1.165) is 6.04 Å². The normalized spacial score (nSPS) is 35.6. The summed E-state index contributed by atoms with van der Waals surface area (Å²) in [5.41, 5.74) is 5.93. The van der Waals surface area contributed by atoms with Gasteiger partial charge in [0.25, 0.3) is 0 Å². The number of ether oxygens (including phenoxy) is 1. The fraction of sp³-hybridized carbons (Fsp3) is 1.00. The van der Waals surface area contributed by atoms with Crippen LogP contribution in [0, 0.1) is 0 Å². The van der Waals surface area contributed by atoms with Crippen molar-refractivity contribution in [3.05, 3.63) is 0 Å². The molecule has 0 unspecified atom stereocenters. The quantitative estimate of drug-likeness (QED) is 0.751. The Labute approximate surface area is 93.0 Å². The molecule has 0 bridgehead atoms. The summed E-state index contributed by atoms with van der Waals surface area (Å²) in [6.07, 6.45) is 8.01. The lowest BCUT2D eigenvalue weighted by atomic mass is 9.90. The van der Waals surface area contributed by atoms with Crippen molar-refractivity contribution in [2.45, 2.75) is 56.7 Å². The summed E-state index contributed by atoms with van der Waals surface area (Å²) in [4.78, 5) is 2.63. The molecule has 2 fully saturated rings. The summed E-state index contributed by atoms with van der Waals surface area (Å²) >= 11 is 0. The molecule has 15 heavy (non-hydrogen) atoms. The average Bonchev–Trinajstić information content (AvgIpc) is 2.30. The van der Waals surface area contributed by atoms with Crippen LogP contribution in [-0.2, 0) is 4.74 Å². The molecule has 0 aromatic heterocycles. The highest BCUT2D eigenvalue weighted by Gasteiger charge is 2.28. The molecule has 3 heteroatoms. The molecule has 1 saturated carbocycles. The van der Waals surface area contributed by atoms with Gasteiger partial charge in [0, 0.05) is 19.2 Å². The van der Waals surface area contributed by atoms with E-state index in [2.05, 4.69) is 4.90 Å². The van der Waals surface area contributed by atoms with Crippen molar-refractivity contribution in [1.29, 1.82) is 0 Å². The number of nitrogens with two attached hydrogens (primary N) is 1. The second-order valence-electron chi connectivity index (χ2n) is 5.05. The summed E-state index contributed by atoms with van der Waals surface area (Å²) in [6, 6.07) is 1.21. The van der Waals surface area contributed by atoms with Crippen molar-refractivity contribution in [3.8, 4) is 0 Å². The van der Waals surface area contributed by atoms with Gasteiger partial charge >= 0.3 is 0 Å². The number of likely N-dealkylation sites (tertiary alicyclic amines) is 1. The van der Waals surface area contributed by atoms with Crippen molar-refractivity contribution in [1.82, 2.24) is 4.90 Å². The van der Waals surface area contributed by atoms with Crippen LogP contribution < -0.4 is 5.73 Å². The number of hydrogen-bond donors (Lipinski definition) is 1. The van der Waals surface area contributed by atoms with Crippen LogP contribution in [0.4, 0.5) is 0 Å². The zero-order valence-corrected chi connectivity index (χ0v) is 9.82. The molecule has 2 rings (SSSR count). The Kier molecular flexibility index (Phi) is 4.00. The van der Waals surface area contributed by atoms with Gasteiger partial charge in [0.05, 0.1) is 6.10 Å². The molecule has 1 aliphatic heterocycles. The second kappa shape index (κ2) is 5.28. The molecule has 3 nitrogen and oxygen atoms in total. The average molecular weight is 212 g/mol. The van der Waals surface area contributed by atoms with Crippen LogP contribution >= 0.6 is 0 Å². The second-order valence-corrected chi connectivity index (χ2v) is 5.05. The Bertz CT molecular complexity index is 190. The molecule has 0 aromatic rings. The van der Waals surface area contributed by atoms with Crippen molar-refractivity contribution >= 4 is 0 Å². The number of nitrogens with zero attached hydrogens (tertiary/aromatic N) is 1. The molecular weight excluding hydrogens is 188 g/mol. The molecule has 2 N–H and O–H groups in total. The van der Waals surface area contributed by atoms with E-state index < -0.39 is 0 Å². The van der Waals surface area contributed by atoms with Crippen molar-refractivity contribution in [3.63, 3.8) is 0 Å². The third-order valence-electron chi connectivity index (χ3n) is 4.02. The fourth-order valence-electron chi connectivity index (χ4n) is 2.95. The first-order chi connectivity index (χ1) is 7.29. The van der Waals surface area contributed by atoms with E-state index in [9.17, 15) is 0 Å². The predicted octanol–water partition coefficient (Wildman–Crippen LogP) is 1.37. The number of methoxy groups -OCH3 is 1. The first kappa shape index (κ1) is 11.4. The maximum atomic E-state index is 5.93. The van der Waals surface area contributed by atoms with Crippen LogP contribution in [-0.4, -0.2) is 43.3 Å². The molecular formula is C12H24N2O. The smallest absolute Gasteiger partial charge is 0.0586 e. The van der Waals surface area contributed by atoms with Gasteiger partial charge in [-0.05, 0) is 51.6 Å². The van der Waals surface area contributed by atoms with E-state index in [-0.39, 0.29) is 0 Å². The van der Waals surface area contributed by atoms with Crippen LogP contribution in [0.5, 0.6) is 0 Å². The van der Waals surface area contributed by atoms with Gasteiger partial charge in [-0.2, -0.15) is 0 Å². The van der Waals surface area contributed by atoms with Crippen molar-refractivity contribution in [2.24, 2.45) is 5.73 Å². The Morgan fingerprint density at radius 3 is 2.53 bits per heavy atom. The summed E-state index contributed by atoms with van der Waals surface area (Å²) in [7, 11) is 1.85. The topological polar surface area (TPSA) is 38.5 Å². The Hall–Kier alpha value is -0.120. The Balaban J connectivity index is 1.82. The first-order valence-corrected chi connectivity index (χ1v) is 6.32. The zero-order chi connectivity index (χ0) is 10.7. The minimum absolute atomic E-state index is 0.447. The summed E-state index contributed by atoms with van der Waals surface area (Å²) in [5.74, 6) is 0. The van der Waals surface area contributed by atoms with E-state index in [1.165, 1.54) is 51.6 Å². The molecule has 1 aliphatic carbocycles. The van der Waals surface area contributed by atoms with Gasteiger partial charge in [-0.15, -0.1) is 0 Å². The van der Waals surface area contributed by atoms with Gasteiger partial charge in [-0.3, -0.25) is 0 Å². The zero-order valence-electron chi connectivity index (χ0n) is 9.82. The van der Waals surface area contributed by atoms with Crippen LogP contribution in [0.25, 0.3) is 0 Å². The van der Waals surface area contributed by atoms with Crippen LogP contribution in [0.1, 0.15) is 38.5 Å².